The zero-order valence-electron chi connectivity index (χ0n) is 19.0. The van der Waals surface area contributed by atoms with Gasteiger partial charge in [-0.15, -0.1) is 0 Å². The first kappa shape index (κ1) is 21.8. The zero-order valence-corrected chi connectivity index (χ0v) is 19.0. The minimum absolute atomic E-state index is 0.244. The van der Waals surface area contributed by atoms with Crippen LogP contribution in [0, 0.1) is 18.3 Å². The molecule has 7 nitrogen and oxygen atoms in total. The summed E-state index contributed by atoms with van der Waals surface area (Å²) < 4.78 is 7.55. The first-order valence-electron chi connectivity index (χ1n) is 11.9. The summed E-state index contributed by atoms with van der Waals surface area (Å²) in [5.74, 6) is 0.732. The van der Waals surface area contributed by atoms with Crippen LogP contribution in [-0.4, -0.2) is 77.5 Å². The molecule has 3 fully saturated rings. The Kier molecular flexibility index (Phi) is 6.80. The number of nitrogens with zero attached hydrogens (tertiary/aromatic N) is 4. The standard InChI is InChI=1S/C23H39N5O2/c1-4-26-9-7-20-14-21(27-10-12-30-13-11-27)6-8-23(20,17-26)22(29)24-15-19-16-25-28(5-2)18(19)3/h16,20-21H,4-15,17H2,1-3H3,(H,24,29)/t20-,21+,23-/m1/s1. The van der Waals surface area contributed by atoms with Crippen molar-refractivity contribution in [2.24, 2.45) is 11.3 Å². The second-order valence-electron chi connectivity index (χ2n) is 9.34. The third-order valence-electron chi connectivity index (χ3n) is 7.97. The molecule has 0 radical (unpaired) electrons. The van der Waals surface area contributed by atoms with Gasteiger partial charge in [0.1, 0.15) is 0 Å². The maximum atomic E-state index is 13.7. The number of ether oxygens (including phenoxy) is 1. The number of carbonyl (C=O) groups is 1. The molecule has 0 aromatic carbocycles. The summed E-state index contributed by atoms with van der Waals surface area (Å²) in [7, 11) is 0. The Labute approximate surface area is 181 Å². The monoisotopic (exact) mass is 417 g/mol. The first-order chi connectivity index (χ1) is 14.6. The predicted octanol–water partition coefficient (Wildman–Crippen LogP) is 2.04. The number of amides is 1. The summed E-state index contributed by atoms with van der Waals surface area (Å²) in [6, 6.07) is 0.609. The molecule has 1 aliphatic carbocycles. The molecule has 1 aromatic heterocycles. The van der Waals surface area contributed by atoms with E-state index in [9.17, 15) is 4.79 Å². The van der Waals surface area contributed by atoms with Gasteiger partial charge in [-0.2, -0.15) is 5.10 Å². The van der Waals surface area contributed by atoms with Crippen molar-refractivity contribution in [2.75, 3.05) is 45.9 Å². The van der Waals surface area contributed by atoms with E-state index in [1.54, 1.807) is 0 Å². The third kappa shape index (κ3) is 4.16. The Morgan fingerprint density at radius 3 is 2.73 bits per heavy atom. The lowest BCUT2D eigenvalue weighted by molar-refractivity contribution is -0.145. The lowest BCUT2D eigenvalue weighted by Gasteiger charge is -2.53. The zero-order chi connectivity index (χ0) is 21.1. The molecule has 1 saturated carbocycles. The largest absolute Gasteiger partial charge is 0.379 e. The van der Waals surface area contributed by atoms with Crippen LogP contribution in [-0.2, 0) is 22.6 Å². The van der Waals surface area contributed by atoms with Crippen LogP contribution in [0.1, 0.15) is 50.8 Å². The number of hydrogen-bond donors (Lipinski definition) is 1. The minimum Gasteiger partial charge on any atom is -0.379 e. The van der Waals surface area contributed by atoms with Gasteiger partial charge < -0.3 is 15.0 Å². The van der Waals surface area contributed by atoms with Gasteiger partial charge in [0.05, 0.1) is 24.8 Å². The van der Waals surface area contributed by atoms with Crippen LogP contribution in [0.3, 0.4) is 0 Å². The fourth-order valence-electron chi connectivity index (χ4n) is 5.96. The van der Waals surface area contributed by atoms with Crippen LogP contribution in [0.5, 0.6) is 0 Å². The van der Waals surface area contributed by atoms with Crippen LogP contribution >= 0.6 is 0 Å². The molecular weight excluding hydrogens is 378 g/mol. The molecule has 3 aliphatic rings. The van der Waals surface area contributed by atoms with Crippen LogP contribution in [0.15, 0.2) is 6.20 Å². The SMILES string of the molecule is CCN1CC[C@@H]2C[C@@H](N3CCOCC3)CC[C@@]2(C(=O)NCc2cnn(CC)c2C)C1. The van der Waals surface area contributed by atoms with Gasteiger partial charge in [0, 0.05) is 50.0 Å². The highest BCUT2D eigenvalue weighted by atomic mass is 16.5. The summed E-state index contributed by atoms with van der Waals surface area (Å²) in [6.45, 7) is 14.7. The maximum Gasteiger partial charge on any atom is 0.228 e. The van der Waals surface area contributed by atoms with Gasteiger partial charge >= 0.3 is 0 Å². The second kappa shape index (κ2) is 9.37. The molecule has 2 aliphatic heterocycles. The van der Waals surface area contributed by atoms with E-state index in [0.29, 0.717) is 18.5 Å². The van der Waals surface area contributed by atoms with E-state index < -0.39 is 0 Å². The van der Waals surface area contributed by atoms with Gasteiger partial charge in [0.15, 0.2) is 0 Å². The molecule has 0 unspecified atom stereocenters. The fraction of sp³-hybridized carbons (Fsp3) is 0.826. The Balaban J connectivity index is 1.46. The van der Waals surface area contributed by atoms with Crippen LogP contribution in [0.25, 0.3) is 0 Å². The first-order valence-corrected chi connectivity index (χ1v) is 11.9. The Morgan fingerprint density at radius 2 is 2.03 bits per heavy atom. The summed E-state index contributed by atoms with van der Waals surface area (Å²) in [6.07, 6.45) is 6.30. The van der Waals surface area contributed by atoms with E-state index in [2.05, 4.69) is 41.0 Å². The highest BCUT2D eigenvalue weighted by Gasteiger charge is 2.52. The molecule has 2 saturated heterocycles. The summed E-state index contributed by atoms with van der Waals surface area (Å²) in [5, 5.41) is 7.76. The molecular formula is C23H39N5O2. The van der Waals surface area contributed by atoms with E-state index in [0.717, 1.165) is 89.4 Å². The number of hydrogen-bond acceptors (Lipinski definition) is 5. The number of rotatable bonds is 6. The fourth-order valence-corrected chi connectivity index (χ4v) is 5.96. The van der Waals surface area contributed by atoms with Gasteiger partial charge in [-0.1, -0.05) is 6.92 Å². The topological polar surface area (TPSA) is 62.6 Å². The normalized spacial score (nSPS) is 30.8. The molecule has 0 bridgehead atoms. The van der Waals surface area contributed by atoms with Gasteiger partial charge in [-0.3, -0.25) is 14.4 Å². The van der Waals surface area contributed by atoms with Crippen molar-refractivity contribution in [1.29, 1.82) is 0 Å². The smallest absolute Gasteiger partial charge is 0.228 e. The van der Waals surface area contributed by atoms with Crippen molar-refractivity contribution in [3.05, 3.63) is 17.5 Å². The van der Waals surface area contributed by atoms with E-state index in [1.165, 1.54) is 0 Å². The van der Waals surface area contributed by atoms with Crippen molar-refractivity contribution in [3.63, 3.8) is 0 Å². The average molecular weight is 418 g/mol. The van der Waals surface area contributed by atoms with Crippen LogP contribution in [0.4, 0.5) is 0 Å². The van der Waals surface area contributed by atoms with Crippen molar-refractivity contribution in [2.45, 2.75) is 65.6 Å². The van der Waals surface area contributed by atoms with Crippen molar-refractivity contribution in [3.8, 4) is 0 Å². The second-order valence-corrected chi connectivity index (χ2v) is 9.34. The molecule has 7 heteroatoms. The number of aryl methyl sites for hydroxylation is 1. The lowest BCUT2D eigenvalue weighted by atomic mass is 9.61. The van der Waals surface area contributed by atoms with Gasteiger partial charge in [0.2, 0.25) is 5.91 Å². The number of likely N-dealkylation sites (tertiary alicyclic amines) is 1. The van der Waals surface area contributed by atoms with E-state index in [-0.39, 0.29) is 11.3 Å². The molecule has 3 heterocycles. The third-order valence-corrected chi connectivity index (χ3v) is 7.97. The molecule has 0 spiro atoms. The van der Waals surface area contributed by atoms with Gasteiger partial charge in [0.25, 0.3) is 0 Å². The Bertz CT molecular complexity index is 729. The van der Waals surface area contributed by atoms with Gasteiger partial charge in [-0.25, -0.2) is 0 Å². The molecule has 168 valence electrons. The highest BCUT2D eigenvalue weighted by Crippen LogP contribution is 2.47. The number of fused-ring (bicyclic) bond motifs is 1. The predicted molar refractivity (Wildman–Crippen MR) is 117 cm³/mol. The number of morpholine rings is 1. The molecule has 1 aromatic rings. The number of carbonyl (C=O) groups excluding carboxylic acids is 1. The molecule has 4 rings (SSSR count). The number of nitrogens with one attached hydrogen (secondary N) is 1. The molecule has 1 N–H and O–H groups in total. The number of aromatic nitrogens is 2. The van der Waals surface area contributed by atoms with Crippen molar-refractivity contribution in [1.82, 2.24) is 24.9 Å². The number of piperidine rings is 1. The molecule has 1 amide bonds. The highest BCUT2D eigenvalue weighted by molar-refractivity contribution is 5.83. The average Bonchev–Trinajstić information content (AvgIpc) is 3.16. The van der Waals surface area contributed by atoms with Gasteiger partial charge in [-0.05, 0) is 58.5 Å². The maximum absolute atomic E-state index is 13.7. The van der Waals surface area contributed by atoms with Crippen molar-refractivity contribution < 1.29 is 9.53 Å². The van der Waals surface area contributed by atoms with E-state index in [1.807, 2.05) is 10.9 Å². The minimum atomic E-state index is -0.244. The summed E-state index contributed by atoms with van der Waals surface area (Å²) >= 11 is 0. The lowest BCUT2D eigenvalue weighted by Crippen LogP contribution is -2.60. The molecule has 3 atom stereocenters. The Hall–Kier alpha value is -1.44. The van der Waals surface area contributed by atoms with E-state index in [4.69, 9.17) is 4.74 Å². The molecule has 30 heavy (non-hydrogen) atoms. The quantitative estimate of drug-likeness (QED) is 0.768. The summed E-state index contributed by atoms with van der Waals surface area (Å²) in [5.41, 5.74) is 2.04. The Morgan fingerprint density at radius 1 is 1.23 bits per heavy atom. The van der Waals surface area contributed by atoms with Crippen molar-refractivity contribution >= 4 is 5.91 Å². The van der Waals surface area contributed by atoms with Crippen LogP contribution < -0.4 is 5.32 Å². The summed E-state index contributed by atoms with van der Waals surface area (Å²) in [4.78, 5) is 18.7. The van der Waals surface area contributed by atoms with E-state index >= 15 is 0 Å². The van der Waals surface area contributed by atoms with Crippen LogP contribution in [0.2, 0.25) is 0 Å².